The number of anilines is 1. The summed E-state index contributed by atoms with van der Waals surface area (Å²) in [5.74, 6) is 0.966. The molecule has 1 aliphatic rings. The molecule has 0 radical (unpaired) electrons. The molecular weight excluding hydrogens is 244 g/mol. The highest BCUT2D eigenvalue weighted by Crippen LogP contribution is 2.39. The molecule has 3 rings (SSSR count). The van der Waals surface area contributed by atoms with Crippen LogP contribution in [0.1, 0.15) is 42.0 Å². The number of rotatable bonds is 4. The van der Waals surface area contributed by atoms with E-state index in [4.69, 9.17) is 0 Å². The van der Waals surface area contributed by atoms with Gasteiger partial charge in [0.2, 0.25) is 0 Å². The van der Waals surface area contributed by atoms with Gasteiger partial charge < -0.3 is 5.32 Å². The molecule has 7 nitrogen and oxygen atoms in total. The van der Waals surface area contributed by atoms with Crippen molar-refractivity contribution in [1.29, 1.82) is 0 Å². The Morgan fingerprint density at radius 1 is 1.58 bits per heavy atom. The molecule has 0 bridgehead atoms. The first kappa shape index (κ1) is 11.9. The van der Waals surface area contributed by atoms with Gasteiger partial charge in [-0.15, -0.1) is 0 Å². The standard InChI is InChI=1S/C12H16N6O/c1-7-5-11(14-12(19)10-6-13-17-15-10)16-18(7)8(2)9-3-4-9/h5-6,8-9H,3-4H2,1-2H3,(H,13,15,17)(H,14,16,19). The maximum absolute atomic E-state index is 11.8. The van der Waals surface area contributed by atoms with Crippen LogP contribution in [-0.2, 0) is 0 Å². The van der Waals surface area contributed by atoms with Crippen molar-refractivity contribution in [1.82, 2.24) is 25.2 Å². The molecule has 0 saturated heterocycles. The number of carbonyl (C=O) groups is 1. The highest BCUT2D eigenvalue weighted by Gasteiger charge is 2.30. The molecule has 19 heavy (non-hydrogen) atoms. The molecule has 1 aliphatic carbocycles. The third-order valence-electron chi connectivity index (χ3n) is 3.50. The summed E-state index contributed by atoms with van der Waals surface area (Å²) >= 11 is 0. The Hall–Kier alpha value is -2.18. The van der Waals surface area contributed by atoms with Gasteiger partial charge in [-0.1, -0.05) is 0 Å². The summed E-state index contributed by atoms with van der Waals surface area (Å²) in [6.45, 7) is 4.17. The van der Waals surface area contributed by atoms with E-state index in [0.29, 0.717) is 11.9 Å². The molecule has 1 fully saturated rings. The average molecular weight is 260 g/mol. The van der Waals surface area contributed by atoms with Gasteiger partial charge >= 0.3 is 0 Å². The van der Waals surface area contributed by atoms with Crippen LogP contribution in [0.5, 0.6) is 0 Å². The fraction of sp³-hybridized carbons (Fsp3) is 0.500. The Balaban J connectivity index is 1.75. The molecule has 0 aliphatic heterocycles. The van der Waals surface area contributed by atoms with Crippen LogP contribution in [0.2, 0.25) is 0 Å². The van der Waals surface area contributed by atoms with Crippen molar-refractivity contribution in [3.8, 4) is 0 Å². The maximum Gasteiger partial charge on any atom is 0.279 e. The summed E-state index contributed by atoms with van der Waals surface area (Å²) in [4.78, 5) is 11.8. The van der Waals surface area contributed by atoms with Crippen molar-refractivity contribution >= 4 is 11.7 Å². The minimum atomic E-state index is -0.308. The minimum absolute atomic E-state index is 0.252. The van der Waals surface area contributed by atoms with E-state index in [9.17, 15) is 4.79 Å². The number of aromatic nitrogens is 5. The van der Waals surface area contributed by atoms with Crippen LogP contribution in [0.25, 0.3) is 0 Å². The number of aryl methyl sites for hydroxylation is 1. The van der Waals surface area contributed by atoms with Gasteiger partial charge in [-0.25, -0.2) is 0 Å². The van der Waals surface area contributed by atoms with Crippen molar-refractivity contribution in [3.63, 3.8) is 0 Å². The second-order valence-corrected chi connectivity index (χ2v) is 5.00. The molecular formula is C12H16N6O. The molecule has 1 saturated carbocycles. The van der Waals surface area contributed by atoms with E-state index in [0.717, 1.165) is 11.6 Å². The predicted octanol–water partition coefficient (Wildman–Crippen LogP) is 1.53. The third kappa shape index (κ3) is 2.35. The number of nitrogens with zero attached hydrogens (tertiary/aromatic N) is 4. The van der Waals surface area contributed by atoms with E-state index in [-0.39, 0.29) is 11.6 Å². The number of amides is 1. The summed E-state index contributed by atoms with van der Waals surface area (Å²) in [6, 6.07) is 2.26. The van der Waals surface area contributed by atoms with E-state index in [2.05, 4.69) is 32.7 Å². The number of hydrogen-bond donors (Lipinski definition) is 2. The van der Waals surface area contributed by atoms with Crippen LogP contribution in [0.4, 0.5) is 5.82 Å². The van der Waals surface area contributed by atoms with Gasteiger partial charge in [-0.3, -0.25) is 9.48 Å². The molecule has 100 valence electrons. The van der Waals surface area contributed by atoms with Crippen LogP contribution in [0.15, 0.2) is 12.3 Å². The fourth-order valence-electron chi connectivity index (χ4n) is 2.23. The van der Waals surface area contributed by atoms with Gasteiger partial charge in [-0.2, -0.15) is 20.5 Å². The van der Waals surface area contributed by atoms with Crippen LogP contribution >= 0.6 is 0 Å². The van der Waals surface area contributed by atoms with Crippen molar-refractivity contribution < 1.29 is 4.79 Å². The van der Waals surface area contributed by atoms with Crippen LogP contribution in [0, 0.1) is 12.8 Å². The van der Waals surface area contributed by atoms with Gasteiger partial charge in [0.15, 0.2) is 11.5 Å². The highest BCUT2D eigenvalue weighted by atomic mass is 16.2. The monoisotopic (exact) mass is 260 g/mol. The minimum Gasteiger partial charge on any atom is -0.304 e. The predicted molar refractivity (Wildman–Crippen MR) is 68.7 cm³/mol. The number of aromatic amines is 1. The zero-order valence-electron chi connectivity index (χ0n) is 10.9. The molecule has 2 aromatic rings. The molecule has 1 atom stereocenters. The van der Waals surface area contributed by atoms with E-state index in [1.54, 1.807) is 0 Å². The fourth-order valence-corrected chi connectivity index (χ4v) is 2.23. The Morgan fingerprint density at radius 3 is 3.00 bits per heavy atom. The van der Waals surface area contributed by atoms with Crippen LogP contribution < -0.4 is 5.32 Å². The van der Waals surface area contributed by atoms with Crippen LogP contribution in [0.3, 0.4) is 0 Å². The third-order valence-corrected chi connectivity index (χ3v) is 3.50. The summed E-state index contributed by atoms with van der Waals surface area (Å²) < 4.78 is 1.98. The van der Waals surface area contributed by atoms with Gasteiger partial charge in [0.05, 0.1) is 12.2 Å². The number of hydrogen-bond acceptors (Lipinski definition) is 4. The van der Waals surface area contributed by atoms with Gasteiger partial charge in [0.25, 0.3) is 5.91 Å². The van der Waals surface area contributed by atoms with Gasteiger partial charge in [0.1, 0.15) is 0 Å². The molecule has 0 spiro atoms. The first-order chi connectivity index (χ1) is 9.15. The smallest absolute Gasteiger partial charge is 0.279 e. The van der Waals surface area contributed by atoms with Crippen molar-refractivity contribution in [2.24, 2.45) is 5.92 Å². The lowest BCUT2D eigenvalue weighted by molar-refractivity contribution is 0.102. The Kier molecular flexibility index (Phi) is 2.81. The van der Waals surface area contributed by atoms with Crippen LogP contribution in [-0.4, -0.2) is 31.1 Å². The molecule has 2 aromatic heterocycles. The molecule has 2 N–H and O–H groups in total. The molecule has 2 heterocycles. The summed E-state index contributed by atoms with van der Waals surface area (Å²) in [5, 5.41) is 16.9. The SMILES string of the molecule is Cc1cc(NC(=O)c2cn[nH]n2)nn1C(C)C1CC1. The first-order valence-electron chi connectivity index (χ1n) is 6.38. The molecule has 7 heteroatoms. The number of carbonyl (C=O) groups excluding carboxylic acids is 1. The van der Waals surface area contributed by atoms with E-state index in [1.165, 1.54) is 19.0 Å². The summed E-state index contributed by atoms with van der Waals surface area (Å²) in [6.07, 6.45) is 3.91. The maximum atomic E-state index is 11.8. The van der Waals surface area contributed by atoms with Gasteiger partial charge in [0, 0.05) is 11.8 Å². The Morgan fingerprint density at radius 2 is 2.37 bits per heavy atom. The van der Waals surface area contributed by atoms with E-state index < -0.39 is 0 Å². The van der Waals surface area contributed by atoms with E-state index >= 15 is 0 Å². The lowest BCUT2D eigenvalue weighted by atomic mass is 10.2. The Bertz CT molecular complexity index is 583. The highest BCUT2D eigenvalue weighted by molar-refractivity contribution is 6.01. The van der Waals surface area contributed by atoms with Crippen molar-refractivity contribution in [2.75, 3.05) is 5.32 Å². The molecule has 1 amide bonds. The topological polar surface area (TPSA) is 88.5 Å². The summed E-state index contributed by atoms with van der Waals surface area (Å²) in [7, 11) is 0. The Labute approximate surface area is 110 Å². The number of nitrogens with one attached hydrogen (secondary N) is 2. The quantitative estimate of drug-likeness (QED) is 0.872. The zero-order chi connectivity index (χ0) is 13.4. The molecule has 0 aromatic carbocycles. The van der Waals surface area contributed by atoms with E-state index in [1.807, 2.05) is 17.7 Å². The second kappa shape index (κ2) is 4.49. The van der Waals surface area contributed by atoms with Gasteiger partial charge in [-0.05, 0) is 32.6 Å². The largest absolute Gasteiger partial charge is 0.304 e. The normalized spacial score (nSPS) is 16.3. The number of H-pyrrole nitrogens is 1. The van der Waals surface area contributed by atoms with Crippen molar-refractivity contribution in [3.05, 3.63) is 23.7 Å². The second-order valence-electron chi connectivity index (χ2n) is 5.00. The van der Waals surface area contributed by atoms with Crippen molar-refractivity contribution in [2.45, 2.75) is 32.7 Å². The first-order valence-corrected chi connectivity index (χ1v) is 6.38. The molecule has 1 unspecified atom stereocenters. The lowest BCUT2D eigenvalue weighted by Crippen LogP contribution is -2.14. The average Bonchev–Trinajstić information content (AvgIpc) is 2.95. The zero-order valence-corrected chi connectivity index (χ0v) is 10.9. The summed E-state index contributed by atoms with van der Waals surface area (Å²) in [5.41, 5.74) is 1.30. The lowest BCUT2D eigenvalue weighted by Gasteiger charge is -2.12.